The molecule has 13 unspecified atom stereocenters. The number of hydrogen-bond acceptors (Lipinski definition) is 29. The van der Waals surface area contributed by atoms with E-state index in [2.05, 4.69) is 46.7 Å². The van der Waals surface area contributed by atoms with Crippen LogP contribution in [0.1, 0.15) is 65.2 Å². The number of aliphatic hydroxyl groups is 1. The fourth-order valence-corrected chi connectivity index (χ4v) is 10.3. The second-order valence-electron chi connectivity index (χ2n) is 20.0. The van der Waals surface area contributed by atoms with E-state index in [4.69, 9.17) is 83.5 Å². The lowest BCUT2D eigenvalue weighted by atomic mass is 9.83. The van der Waals surface area contributed by atoms with Gasteiger partial charge in [0.25, 0.3) is 0 Å². The number of benzene rings is 1. The van der Waals surface area contributed by atoms with Gasteiger partial charge in [-0.15, -0.1) is 6.58 Å². The molecule has 1 aromatic carbocycles. The van der Waals surface area contributed by atoms with Gasteiger partial charge in [-0.25, -0.2) is 4.79 Å². The highest BCUT2D eigenvalue weighted by Crippen LogP contribution is 2.39. The van der Waals surface area contributed by atoms with Gasteiger partial charge in [0.1, 0.15) is 48.8 Å². The number of azide groups is 4. The largest absolute Gasteiger partial charge is 0.459 e. The van der Waals surface area contributed by atoms with Gasteiger partial charge in [0, 0.05) is 80.2 Å². The number of hydrogen-bond donors (Lipinski definition) is 4. The van der Waals surface area contributed by atoms with Crippen molar-refractivity contribution in [3.8, 4) is 0 Å². The van der Waals surface area contributed by atoms with Gasteiger partial charge >= 0.3 is 41.8 Å². The summed E-state index contributed by atoms with van der Waals surface area (Å²) in [6, 6.07) is 1.42. The molecule has 1 aliphatic carbocycles. The summed E-state index contributed by atoms with van der Waals surface area (Å²) in [6.07, 6.45) is -28.7. The quantitative estimate of drug-likeness (QED) is 0.0232. The number of carbonyl (C=O) groups excluding carboxylic acids is 7. The van der Waals surface area contributed by atoms with E-state index in [0.717, 1.165) is 41.5 Å². The highest BCUT2D eigenvalue weighted by molar-refractivity contribution is 5.89. The van der Waals surface area contributed by atoms with E-state index in [1.54, 1.807) is 18.2 Å². The minimum absolute atomic E-state index is 0.0902. The average Bonchev–Trinajstić information content (AvgIpc) is 1.69. The van der Waals surface area contributed by atoms with Gasteiger partial charge in [0.15, 0.2) is 55.5 Å². The second-order valence-corrected chi connectivity index (χ2v) is 20.0. The first-order valence-corrected chi connectivity index (χ1v) is 26.9. The third-order valence-corrected chi connectivity index (χ3v) is 13.8. The van der Waals surface area contributed by atoms with Crippen LogP contribution in [0.5, 0.6) is 0 Å². The van der Waals surface area contributed by atoms with Crippen molar-refractivity contribution in [2.45, 2.75) is 189 Å². The molecule has 1 saturated carbocycles. The first kappa shape index (κ1) is 69.8. The molecule has 87 heavy (non-hydrogen) atoms. The van der Waals surface area contributed by atoms with E-state index in [1.807, 2.05) is 0 Å². The van der Waals surface area contributed by atoms with E-state index < -0.39 is 215 Å². The number of aliphatic hydroxyl groups excluding tert-OH is 1. The molecule has 0 radical (unpaired) electrons. The van der Waals surface area contributed by atoms with Crippen molar-refractivity contribution in [1.29, 1.82) is 0 Å². The van der Waals surface area contributed by atoms with Crippen molar-refractivity contribution in [2.75, 3.05) is 26.2 Å². The van der Waals surface area contributed by atoms with E-state index in [9.17, 15) is 60.8 Å². The zero-order valence-corrected chi connectivity index (χ0v) is 48.1. The summed E-state index contributed by atoms with van der Waals surface area (Å²) in [7, 11) is 0. The summed E-state index contributed by atoms with van der Waals surface area (Å²) in [4.78, 5) is 101. The normalized spacial score (nSPS) is 32.3. The number of rotatable bonds is 28. The lowest BCUT2D eigenvalue weighted by Crippen LogP contribution is -2.67. The van der Waals surface area contributed by atoms with E-state index in [0.29, 0.717) is 0 Å². The summed E-state index contributed by atoms with van der Waals surface area (Å²) >= 11 is 0. The molecule has 23 atom stereocenters. The topological polar surface area (TPSA) is 542 Å². The maximum Gasteiger partial charge on any atom is 0.338 e. The zero-order valence-electron chi connectivity index (χ0n) is 48.1. The third-order valence-electron chi connectivity index (χ3n) is 13.8. The highest BCUT2D eigenvalue weighted by Gasteiger charge is 2.57. The van der Waals surface area contributed by atoms with Crippen molar-refractivity contribution < 1.29 is 105 Å². The Labute approximate surface area is 495 Å². The van der Waals surface area contributed by atoms with Crippen molar-refractivity contribution in [3.63, 3.8) is 0 Å². The Hall–Kier alpha value is -7.95. The van der Waals surface area contributed by atoms with Gasteiger partial charge in [-0.05, 0) is 47.6 Å². The summed E-state index contributed by atoms with van der Waals surface area (Å²) in [6.45, 7) is 9.35. The van der Waals surface area contributed by atoms with E-state index >= 15 is 0 Å². The molecule has 37 heteroatoms. The molecular formula is C50H69N15O22. The molecule has 3 aliphatic heterocycles. The van der Waals surface area contributed by atoms with Gasteiger partial charge in [0.05, 0.1) is 49.0 Å². The van der Waals surface area contributed by atoms with Crippen molar-refractivity contribution >= 4 is 41.8 Å². The number of nitrogens with zero attached hydrogens (tertiary/aromatic N) is 12. The smallest absolute Gasteiger partial charge is 0.338 e. The van der Waals surface area contributed by atoms with Crippen molar-refractivity contribution in [3.05, 3.63) is 90.3 Å². The molecule has 4 fully saturated rings. The van der Waals surface area contributed by atoms with Crippen LogP contribution in [0.15, 0.2) is 63.4 Å². The molecular weight excluding hydrogens is 1160 g/mol. The van der Waals surface area contributed by atoms with Crippen LogP contribution in [0.3, 0.4) is 0 Å². The molecule has 4 aliphatic rings. The molecule has 5 rings (SSSR count). The number of ether oxygens (including phenoxy) is 14. The van der Waals surface area contributed by atoms with Gasteiger partial charge in [-0.1, -0.05) is 44.7 Å². The fourth-order valence-electron chi connectivity index (χ4n) is 10.3. The molecule has 0 aromatic heterocycles. The molecule has 3 saturated heterocycles. The molecule has 0 amide bonds. The van der Waals surface area contributed by atoms with Gasteiger partial charge < -0.3 is 88.6 Å². The number of esters is 7. The van der Waals surface area contributed by atoms with Crippen LogP contribution < -0.4 is 17.2 Å². The van der Waals surface area contributed by atoms with Crippen LogP contribution in [-0.4, -0.2) is 208 Å². The predicted molar refractivity (Wildman–Crippen MR) is 288 cm³/mol. The van der Waals surface area contributed by atoms with E-state index in [1.165, 1.54) is 25.1 Å². The molecule has 3 heterocycles. The SMILES string of the molecule is C=C[C@H](CO[C@@H]1O[C@H](CN=[N+]=[N-])C(OC(=O)c2ccccc2)C1O)C(O[C@H]1OC(CN)[C@@H](OC(C)=O)C(OC(C)=O)C1N=[N+]=[N-])C(OC(C)=O)[C@@H](C)OC1C(OC(C)=O)[C@H](N=[N+]=[N-])CC(N=[N+]=[N-])[C@H]1O[C@H]1OC(CN)[C@@H](OC(C)=O)C(OC(C)=O)C1N. The summed E-state index contributed by atoms with van der Waals surface area (Å²) < 4.78 is 84.1. The van der Waals surface area contributed by atoms with Crippen LogP contribution >= 0.6 is 0 Å². The third kappa shape index (κ3) is 18.5. The number of carbonyl (C=O) groups is 7. The van der Waals surface area contributed by atoms with Crippen molar-refractivity contribution in [2.24, 2.45) is 43.6 Å². The Morgan fingerprint density at radius 2 is 1.15 bits per heavy atom. The minimum Gasteiger partial charge on any atom is -0.459 e. The highest BCUT2D eigenvalue weighted by atomic mass is 16.7. The van der Waals surface area contributed by atoms with Gasteiger partial charge in [-0.2, -0.15) is 0 Å². The lowest BCUT2D eigenvalue weighted by Gasteiger charge is -2.49. The molecule has 476 valence electrons. The average molecular weight is 1230 g/mol. The Kier molecular flexibility index (Phi) is 26.7. The second kappa shape index (κ2) is 33.2. The molecule has 1 aromatic rings. The summed E-state index contributed by atoms with van der Waals surface area (Å²) in [5.74, 6) is -7.89. The maximum atomic E-state index is 13.6. The lowest BCUT2D eigenvalue weighted by molar-refractivity contribution is -0.307. The first-order valence-electron chi connectivity index (χ1n) is 26.9. The van der Waals surface area contributed by atoms with Crippen molar-refractivity contribution in [1.82, 2.24) is 0 Å². The fraction of sp³-hybridized carbons (Fsp3) is 0.700. The summed E-state index contributed by atoms with van der Waals surface area (Å²) in [5, 5.41) is 26.8. The minimum atomic E-state index is -1.93. The molecule has 7 N–H and O–H groups in total. The Morgan fingerprint density at radius 1 is 0.632 bits per heavy atom. The molecule has 0 bridgehead atoms. The van der Waals surface area contributed by atoms with Crippen LogP contribution in [-0.2, 0) is 95.1 Å². The standard InChI is InChI=1S/C50H69N15O22/c1-9-27(19-74-50-36(72)41(33(84-50)18-58-62-54)85-47(73)28-13-11-10-12-14-28)38(86-49-35(61-65-57)45(81-26(8)71)43(79-24(6)69)32(17-52)83-49)37(76-21(3)66)20(2)75-46-39(77-22(4)67)29(59-63-55)15-30(60-64-56)40(46)87-48-34(53)44(80-25(7)70)42(78-23(5)68)31(16-51)82-48/h9-14,20,27,29-46,48-50,72H,1,15-19,51-53H2,2-8H3/t20-,27-,29-,30?,31?,32?,33-,34?,35?,36?,37?,38?,39?,40-,41?,42-,43-,44?,45?,46?,48-,49-,50-/m1/s1. The summed E-state index contributed by atoms with van der Waals surface area (Å²) in [5.41, 5.74) is 58.0. The van der Waals surface area contributed by atoms with Crippen LogP contribution in [0.25, 0.3) is 41.8 Å². The molecule has 37 nitrogen and oxygen atoms in total. The van der Waals surface area contributed by atoms with E-state index in [-0.39, 0.29) is 5.56 Å². The van der Waals surface area contributed by atoms with Crippen LogP contribution in [0.4, 0.5) is 0 Å². The molecule has 0 spiro atoms. The Bertz CT molecular complexity index is 2790. The Balaban J connectivity index is 1.68. The predicted octanol–water partition coefficient (Wildman–Crippen LogP) is 1.70. The Morgan fingerprint density at radius 3 is 1.68 bits per heavy atom. The van der Waals surface area contributed by atoms with Crippen LogP contribution in [0.2, 0.25) is 0 Å². The zero-order chi connectivity index (χ0) is 64.2. The number of nitrogens with two attached hydrogens (primary N) is 3. The van der Waals surface area contributed by atoms with Crippen LogP contribution in [0, 0.1) is 5.92 Å². The first-order chi connectivity index (χ1) is 41.4. The van der Waals surface area contributed by atoms with Gasteiger partial charge in [-0.3, -0.25) is 28.8 Å². The maximum absolute atomic E-state index is 13.6. The monoisotopic (exact) mass is 1230 g/mol. The van der Waals surface area contributed by atoms with Gasteiger partial charge in [0.2, 0.25) is 0 Å².